The van der Waals surface area contributed by atoms with E-state index in [-0.39, 0.29) is 6.42 Å². The summed E-state index contributed by atoms with van der Waals surface area (Å²) in [6.07, 6.45) is 0.867. The van der Waals surface area contributed by atoms with Crippen molar-refractivity contribution < 1.29 is 9.90 Å². The highest BCUT2D eigenvalue weighted by molar-refractivity contribution is 9.10. The first-order valence-electron chi connectivity index (χ1n) is 6.30. The van der Waals surface area contributed by atoms with Crippen molar-refractivity contribution in [3.8, 4) is 0 Å². The number of carbonyl (C=O) groups is 1. The minimum Gasteiger partial charge on any atom is -0.481 e. The normalized spacial score (nSPS) is 11.3. The summed E-state index contributed by atoms with van der Waals surface area (Å²) >= 11 is 9.53. The lowest BCUT2D eigenvalue weighted by atomic mass is 10.1. The number of carboxylic acid groups (broad SMARTS) is 1. The van der Waals surface area contributed by atoms with Gasteiger partial charge in [0.1, 0.15) is 0 Å². The number of benzene rings is 1. The lowest BCUT2D eigenvalue weighted by Gasteiger charge is -2.26. The minimum absolute atomic E-state index is 0.208. The highest BCUT2D eigenvalue weighted by Crippen LogP contribution is 2.23. The summed E-state index contributed by atoms with van der Waals surface area (Å²) in [7, 11) is 0. The minimum atomic E-state index is -0.743. The van der Waals surface area contributed by atoms with Crippen molar-refractivity contribution in [2.75, 3.05) is 6.54 Å². The Balaban J connectivity index is 2.67. The molecule has 0 saturated heterocycles. The highest BCUT2D eigenvalue weighted by atomic mass is 79.9. The van der Waals surface area contributed by atoms with E-state index >= 15 is 0 Å². The Morgan fingerprint density at radius 1 is 1.47 bits per heavy atom. The Labute approximate surface area is 127 Å². The van der Waals surface area contributed by atoms with Gasteiger partial charge in [0.15, 0.2) is 0 Å². The summed E-state index contributed by atoms with van der Waals surface area (Å²) in [5.41, 5.74) is 1.12. The van der Waals surface area contributed by atoms with E-state index in [2.05, 4.69) is 34.7 Å². The Hall–Kier alpha value is -0.580. The van der Waals surface area contributed by atoms with Gasteiger partial charge < -0.3 is 5.11 Å². The van der Waals surface area contributed by atoms with Gasteiger partial charge in [0.25, 0.3) is 0 Å². The average molecular weight is 349 g/mol. The van der Waals surface area contributed by atoms with Gasteiger partial charge in [-0.3, -0.25) is 9.69 Å². The number of aliphatic carboxylic acids is 1. The molecule has 1 rings (SSSR count). The molecule has 0 saturated carbocycles. The number of rotatable bonds is 7. The van der Waals surface area contributed by atoms with Crippen LogP contribution in [0.4, 0.5) is 0 Å². The van der Waals surface area contributed by atoms with Gasteiger partial charge in [0.05, 0.1) is 0 Å². The van der Waals surface area contributed by atoms with Crippen molar-refractivity contribution in [3.05, 3.63) is 33.3 Å². The fourth-order valence-corrected chi connectivity index (χ4v) is 2.40. The summed E-state index contributed by atoms with van der Waals surface area (Å²) in [5, 5.41) is 9.41. The van der Waals surface area contributed by atoms with Crippen LogP contribution in [0, 0.1) is 0 Å². The maximum atomic E-state index is 10.6. The number of hydrogen-bond donors (Lipinski definition) is 1. The first-order valence-corrected chi connectivity index (χ1v) is 7.47. The van der Waals surface area contributed by atoms with E-state index in [1.165, 1.54) is 0 Å². The van der Waals surface area contributed by atoms with Gasteiger partial charge in [-0.05, 0) is 50.6 Å². The molecule has 1 aromatic carbocycles. The molecule has 0 heterocycles. The van der Waals surface area contributed by atoms with E-state index < -0.39 is 5.97 Å². The van der Waals surface area contributed by atoms with E-state index in [0.717, 1.165) is 23.1 Å². The number of nitrogens with zero attached hydrogens (tertiary/aromatic N) is 1. The molecule has 0 radical (unpaired) electrons. The summed E-state index contributed by atoms with van der Waals surface area (Å²) in [6, 6.07) is 6.09. The molecule has 1 N–H and O–H groups in total. The molecular formula is C14H19BrClNO2. The summed E-state index contributed by atoms with van der Waals surface area (Å²) in [5.74, 6) is -0.743. The van der Waals surface area contributed by atoms with Crippen molar-refractivity contribution in [2.45, 2.75) is 39.3 Å². The van der Waals surface area contributed by atoms with Crippen molar-refractivity contribution in [1.82, 2.24) is 4.90 Å². The van der Waals surface area contributed by atoms with E-state index in [9.17, 15) is 4.79 Å². The van der Waals surface area contributed by atoms with Gasteiger partial charge in [-0.25, -0.2) is 0 Å². The number of hydrogen-bond acceptors (Lipinski definition) is 2. The van der Waals surface area contributed by atoms with Gasteiger partial charge in [0.2, 0.25) is 0 Å². The molecule has 106 valence electrons. The van der Waals surface area contributed by atoms with Crippen LogP contribution in [0.5, 0.6) is 0 Å². The fourth-order valence-electron chi connectivity index (χ4n) is 1.84. The molecule has 0 amide bonds. The molecule has 0 aliphatic rings. The van der Waals surface area contributed by atoms with Crippen LogP contribution in [-0.4, -0.2) is 28.6 Å². The highest BCUT2D eigenvalue weighted by Gasteiger charge is 2.12. The molecule has 0 aliphatic carbocycles. The third-order valence-corrected chi connectivity index (χ3v) is 3.96. The molecule has 5 heteroatoms. The molecule has 0 aliphatic heterocycles. The van der Waals surface area contributed by atoms with E-state index in [1.807, 2.05) is 18.2 Å². The second kappa shape index (κ2) is 7.88. The molecule has 0 fully saturated rings. The van der Waals surface area contributed by atoms with E-state index in [1.54, 1.807) is 0 Å². The maximum absolute atomic E-state index is 10.6. The van der Waals surface area contributed by atoms with Crippen molar-refractivity contribution in [3.63, 3.8) is 0 Å². The predicted octanol–water partition coefficient (Wildman–Crippen LogP) is 4.18. The predicted molar refractivity (Wildman–Crippen MR) is 81.6 cm³/mol. The van der Waals surface area contributed by atoms with Crippen molar-refractivity contribution >= 4 is 33.5 Å². The molecule has 19 heavy (non-hydrogen) atoms. The van der Waals surface area contributed by atoms with E-state index in [0.29, 0.717) is 17.5 Å². The Kier molecular flexibility index (Phi) is 6.83. The molecular weight excluding hydrogens is 330 g/mol. The molecule has 1 aromatic rings. The molecule has 0 atom stereocenters. The Bertz CT molecular complexity index is 437. The Morgan fingerprint density at radius 3 is 2.74 bits per heavy atom. The van der Waals surface area contributed by atoms with Crippen LogP contribution >= 0.6 is 27.5 Å². The summed E-state index contributed by atoms with van der Waals surface area (Å²) in [6.45, 7) is 5.75. The summed E-state index contributed by atoms with van der Waals surface area (Å²) in [4.78, 5) is 12.8. The molecule has 0 aromatic heterocycles. The van der Waals surface area contributed by atoms with Crippen LogP contribution < -0.4 is 0 Å². The first-order chi connectivity index (χ1) is 8.90. The zero-order chi connectivity index (χ0) is 14.4. The van der Waals surface area contributed by atoms with Crippen LogP contribution in [0.25, 0.3) is 0 Å². The van der Waals surface area contributed by atoms with Crippen molar-refractivity contribution in [2.24, 2.45) is 0 Å². The van der Waals surface area contributed by atoms with Crippen LogP contribution in [0.15, 0.2) is 22.7 Å². The average Bonchev–Trinajstić information content (AvgIpc) is 2.31. The van der Waals surface area contributed by atoms with Crippen LogP contribution in [0.1, 0.15) is 32.3 Å². The van der Waals surface area contributed by atoms with Crippen LogP contribution in [0.2, 0.25) is 5.02 Å². The SMILES string of the molecule is CC(C)N(CCCC(=O)O)Cc1cc(Cl)ccc1Br. The lowest BCUT2D eigenvalue weighted by Crippen LogP contribution is -2.31. The smallest absolute Gasteiger partial charge is 0.303 e. The van der Waals surface area contributed by atoms with E-state index in [4.69, 9.17) is 16.7 Å². The first kappa shape index (κ1) is 16.5. The quantitative estimate of drug-likeness (QED) is 0.803. The molecule has 0 bridgehead atoms. The standard InChI is InChI=1S/C14H19BrClNO2/c1-10(2)17(7-3-4-14(18)19)9-11-8-12(16)5-6-13(11)15/h5-6,8,10H,3-4,7,9H2,1-2H3,(H,18,19). The molecule has 3 nitrogen and oxygen atoms in total. The monoisotopic (exact) mass is 347 g/mol. The zero-order valence-electron chi connectivity index (χ0n) is 11.2. The van der Waals surface area contributed by atoms with Crippen LogP contribution in [0.3, 0.4) is 0 Å². The van der Waals surface area contributed by atoms with Gasteiger partial charge in [0, 0.05) is 28.5 Å². The van der Waals surface area contributed by atoms with Gasteiger partial charge in [-0.2, -0.15) is 0 Å². The summed E-state index contributed by atoms with van der Waals surface area (Å²) < 4.78 is 1.03. The second-order valence-electron chi connectivity index (χ2n) is 4.80. The largest absolute Gasteiger partial charge is 0.481 e. The molecule has 0 unspecified atom stereocenters. The second-order valence-corrected chi connectivity index (χ2v) is 6.09. The fraction of sp³-hybridized carbons (Fsp3) is 0.500. The van der Waals surface area contributed by atoms with Gasteiger partial charge in [-0.1, -0.05) is 27.5 Å². The Morgan fingerprint density at radius 2 is 2.16 bits per heavy atom. The maximum Gasteiger partial charge on any atom is 0.303 e. The zero-order valence-corrected chi connectivity index (χ0v) is 13.5. The van der Waals surface area contributed by atoms with Crippen molar-refractivity contribution in [1.29, 1.82) is 0 Å². The van der Waals surface area contributed by atoms with Gasteiger partial charge >= 0.3 is 5.97 Å². The molecule has 0 spiro atoms. The van der Waals surface area contributed by atoms with Crippen LogP contribution in [-0.2, 0) is 11.3 Å². The topological polar surface area (TPSA) is 40.5 Å². The number of halogens is 2. The van der Waals surface area contributed by atoms with Gasteiger partial charge in [-0.15, -0.1) is 0 Å². The third-order valence-electron chi connectivity index (χ3n) is 2.95. The lowest BCUT2D eigenvalue weighted by molar-refractivity contribution is -0.137. The number of carboxylic acids is 1. The third kappa shape index (κ3) is 5.93.